The first-order valence-corrected chi connectivity index (χ1v) is 3.57. The lowest BCUT2D eigenvalue weighted by molar-refractivity contribution is 1.09. The molecule has 0 aromatic carbocycles. The summed E-state index contributed by atoms with van der Waals surface area (Å²) in [6, 6.07) is 1.92. The normalized spacial score (nSPS) is 10.4. The quantitative estimate of drug-likeness (QED) is 0.616. The summed E-state index contributed by atoms with van der Waals surface area (Å²) < 4.78 is 0. The van der Waals surface area contributed by atoms with E-state index in [4.69, 9.17) is 0 Å². The molecule has 0 amide bonds. The van der Waals surface area contributed by atoms with Crippen LogP contribution in [0.1, 0.15) is 5.56 Å². The molecule has 4 nitrogen and oxygen atoms in total. The Balaban J connectivity index is 2.87. The molecule has 0 spiro atoms. The minimum atomic E-state index is -0.362. The summed E-state index contributed by atoms with van der Waals surface area (Å²) in [5.41, 5.74) is 1.27. The zero-order chi connectivity index (χ0) is 8.55. The first-order chi connectivity index (χ1) is 5.75. The summed E-state index contributed by atoms with van der Waals surface area (Å²) in [5, 5.41) is 0.856. The summed E-state index contributed by atoms with van der Waals surface area (Å²) in [7, 11) is 0. The lowest BCUT2D eigenvalue weighted by Crippen LogP contribution is -2.09. The molecule has 0 saturated carbocycles. The third-order valence-electron chi connectivity index (χ3n) is 1.60. The van der Waals surface area contributed by atoms with E-state index in [2.05, 4.69) is 15.0 Å². The highest BCUT2D eigenvalue weighted by Crippen LogP contribution is 2.06. The van der Waals surface area contributed by atoms with E-state index in [0.29, 0.717) is 5.65 Å². The number of rotatable bonds is 0. The van der Waals surface area contributed by atoms with E-state index in [1.807, 2.05) is 13.0 Å². The van der Waals surface area contributed by atoms with Gasteiger partial charge < -0.3 is 0 Å². The standard InChI is InChI=1S/C8H7N3O/c1-5-2-6-4-10-8(12)11-7(6)9-3-5/h2-4H,1H3,(H,9,10,11,12). The Hall–Kier alpha value is -1.71. The summed E-state index contributed by atoms with van der Waals surface area (Å²) in [4.78, 5) is 20.9. The van der Waals surface area contributed by atoms with Gasteiger partial charge >= 0.3 is 5.69 Å². The first-order valence-electron chi connectivity index (χ1n) is 3.57. The number of nitrogens with zero attached hydrogens (tertiary/aromatic N) is 2. The zero-order valence-corrected chi connectivity index (χ0v) is 6.53. The van der Waals surface area contributed by atoms with Crippen LogP contribution in [-0.4, -0.2) is 15.0 Å². The van der Waals surface area contributed by atoms with E-state index in [-0.39, 0.29) is 5.69 Å². The van der Waals surface area contributed by atoms with Gasteiger partial charge in [0.15, 0.2) is 0 Å². The van der Waals surface area contributed by atoms with Crippen LogP contribution in [0.3, 0.4) is 0 Å². The number of aromatic amines is 1. The highest BCUT2D eigenvalue weighted by molar-refractivity contribution is 5.73. The third kappa shape index (κ3) is 1.07. The Bertz CT molecular complexity index is 475. The minimum Gasteiger partial charge on any atom is -0.290 e. The summed E-state index contributed by atoms with van der Waals surface area (Å²) in [5.74, 6) is 0. The van der Waals surface area contributed by atoms with Crippen molar-refractivity contribution in [1.82, 2.24) is 15.0 Å². The fourth-order valence-electron chi connectivity index (χ4n) is 1.06. The van der Waals surface area contributed by atoms with Gasteiger partial charge in [-0.2, -0.15) is 0 Å². The number of hydrogen-bond acceptors (Lipinski definition) is 3. The Morgan fingerprint density at radius 3 is 3.00 bits per heavy atom. The van der Waals surface area contributed by atoms with Crippen molar-refractivity contribution in [3.63, 3.8) is 0 Å². The molecule has 2 aromatic heterocycles. The van der Waals surface area contributed by atoms with Gasteiger partial charge in [-0.1, -0.05) is 0 Å². The number of nitrogens with one attached hydrogen (secondary N) is 1. The predicted molar refractivity (Wildman–Crippen MR) is 44.9 cm³/mol. The molecular weight excluding hydrogens is 154 g/mol. The Kier molecular flexibility index (Phi) is 1.40. The van der Waals surface area contributed by atoms with Crippen molar-refractivity contribution in [1.29, 1.82) is 0 Å². The molecule has 0 radical (unpaired) electrons. The molecule has 2 heterocycles. The molecule has 0 aliphatic heterocycles. The maximum Gasteiger partial charge on any atom is 0.346 e. The molecule has 0 aliphatic carbocycles. The number of aromatic nitrogens is 3. The van der Waals surface area contributed by atoms with Gasteiger partial charge in [-0.15, -0.1) is 0 Å². The lowest BCUT2D eigenvalue weighted by Gasteiger charge is -1.95. The van der Waals surface area contributed by atoms with Gasteiger partial charge in [0.2, 0.25) is 0 Å². The molecule has 0 bridgehead atoms. The van der Waals surface area contributed by atoms with Crippen molar-refractivity contribution in [2.24, 2.45) is 0 Å². The molecular formula is C8H7N3O. The van der Waals surface area contributed by atoms with Crippen LogP contribution in [-0.2, 0) is 0 Å². The molecule has 1 N–H and O–H groups in total. The zero-order valence-electron chi connectivity index (χ0n) is 6.53. The van der Waals surface area contributed by atoms with E-state index in [1.165, 1.54) is 6.20 Å². The van der Waals surface area contributed by atoms with E-state index in [1.54, 1.807) is 6.20 Å². The van der Waals surface area contributed by atoms with E-state index in [9.17, 15) is 4.79 Å². The van der Waals surface area contributed by atoms with Gasteiger partial charge in [0.05, 0.1) is 0 Å². The van der Waals surface area contributed by atoms with Crippen LogP contribution in [0.25, 0.3) is 11.0 Å². The second-order valence-corrected chi connectivity index (χ2v) is 2.64. The van der Waals surface area contributed by atoms with Crippen LogP contribution in [0.2, 0.25) is 0 Å². The molecule has 0 aliphatic rings. The Morgan fingerprint density at radius 2 is 2.17 bits per heavy atom. The van der Waals surface area contributed by atoms with Crippen LogP contribution in [0, 0.1) is 6.92 Å². The highest BCUT2D eigenvalue weighted by Gasteiger charge is 1.95. The maximum atomic E-state index is 10.8. The number of fused-ring (bicyclic) bond motifs is 1. The second-order valence-electron chi connectivity index (χ2n) is 2.64. The van der Waals surface area contributed by atoms with Crippen LogP contribution >= 0.6 is 0 Å². The molecule has 0 atom stereocenters. The van der Waals surface area contributed by atoms with Gasteiger partial charge in [-0.25, -0.2) is 14.8 Å². The van der Waals surface area contributed by atoms with Crippen LogP contribution in [0.4, 0.5) is 0 Å². The van der Waals surface area contributed by atoms with E-state index in [0.717, 1.165) is 10.9 Å². The fraction of sp³-hybridized carbons (Fsp3) is 0.125. The van der Waals surface area contributed by atoms with Crippen molar-refractivity contribution >= 4 is 11.0 Å². The summed E-state index contributed by atoms with van der Waals surface area (Å²) >= 11 is 0. The van der Waals surface area contributed by atoms with Gasteiger partial charge in [0, 0.05) is 17.8 Å². The molecule has 0 unspecified atom stereocenters. The lowest BCUT2D eigenvalue weighted by atomic mass is 10.2. The molecule has 60 valence electrons. The van der Waals surface area contributed by atoms with Crippen LogP contribution < -0.4 is 5.69 Å². The van der Waals surface area contributed by atoms with Gasteiger partial charge in [-0.3, -0.25) is 4.98 Å². The number of hydrogen-bond donors (Lipinski definition) is 1. The monoisotopic (exact) mass is 161 g/mol. The molecule has 0 saturated heterocycles. The van der Waals surface area contributed by atoms with Crippen molar-refractivity contribution < 1.29 is 0 Å². The number of pyridine rings is 1. The van der Waals surface area contributed by atoms with Gasteiger partial charge in [0.25, 0.3) is 0 Å². The van der Waals surface area contributed by atoms with Gasteiger partial charge in [-0.05, 0) is 18.6 Å². The van der Waals surface area contributed by atoms with Crippen LogP contribution in [0.5, 0.6) is 0 Å². The molecule has 0 fully saturated rings. The van der Waals surface area contributed by atoms with Crippen LogP contribution in [0.15, 0.2) is 23.3 Å². The van der Waals surface area contributed by atoms with Crippen molar-refractivity contribution in [3.8, 4) is 0 Å². The van der Waals surface area contributed by atoms with E-state index >= 15 is 0 Å². The summed E-state index contributed by atoms with van der Waals surface area (Å²) in [6.45, 7) is 1.94. The molecule has 12 heavy (non-hydrogen) atoms. The SMILES string of the molecule is Cc1cnc2[nH]c(=O)ncc2c1. The van der Waals surface area contributed by atoms with Gasteiger partial charge in [0.1, 0.15) is 5.65 Å². The molecule has 2 aromatic rings. The highest BCUT2D eigenvalue weighted by atomic mass is 16.1. The summed E-state index contributed by atoms with van der Waals surface area (Å²) in [6.07, 6.45) is 3.23. The smallest absolute Gasteiger partial charge is 0.290 e. The van der Waals surface area contributed by atoms with Crippen molar-refractivity contribution in [2.45, 2.75) is 6.92 Å². The number of aryl methyl sites for hydroxylation is 1. The first kappa shape index (κ1) is 6.97. The Labute approximate surface area is 68.3 Å². The Morgan fingerprint density at radius 1 is 1.33 bits per heavy atom. The maximum absolute atomic E-state index is 10.8. The average molecular weight is 161 g/mol. The number of H-pyrrole nitrogens is 1. The molecule has 4 heteroatoms. The van der Waals surface area contributed by atoms with Crippen molar-refractivity contribution in [2.75, 3.05) is 0 Å². The van der Waals surface area contributed by atoms with E-state index < -0.39 is 0 Å². The molecule has 2 rings (SSSR count). The fourth-order valence-corrected chi connectivity index (χ4v) is 1.06. The predicted octanol–water partition coefficient (Wildman–Crippen LogP) is 0.627. The topological polar surface area (TPSA) is 58.6 Å². The minimum absolute atomic E-state index is 0.362. The third-order valence-corrected chi connectivity index (χ3v) is 1.60. The average Bonchev–Trinajstić information content (AvgIpc) is 2.05. The largest absolute Gasteiger partial charge is 0.346 e. The van der Waals surface area contributed by atoms with Crippen molar-refractivity contribution in [3.05, 3.63) is 34.5 Å². The second kappa shape index (κ2) is 2.41.